The van der Waals surface area contributed by atoms with E-state index in [1.54, 1.807) is 0 Å². The second-order valence-corrected chi connectivity index (χ2v) is 8.28. The number of esters is 1. The molecule has 154 valence electrons. The van der Waals surface area contributed by atoms with Gasteiger partial charge in [-0.05, 0) is 43.4 Å². The van der Waals surface area contributed by atoms with E-state index in [1.165, 1.54) is 5.56 Å². The Morgan fingerprint density at radius 2 is 1.62 bits per heavy atom. The Morgan fingerprint density at radius 3 is 2.28 bits per heavy atom. The van der Waals surface area contributed by atoms with Gasteiger partial charge >= 0.3 is 5.97 Å². The lowest BCUT2D eigenvalue weighted by Crippen LogP contribution is -2.43. The number of piperidine rings is 1. The largest absolute Gasteiger partial charge is 0.450 e. The Morgan fingerprint density at radius 1 is 0.966 bits per heavy atom. The van der Waals surface area contributed by atoms with E-state index in [4.69, 9.17) is 4.74 Å². The number of rotatable bonds is 5. The number of hydrogen-bond acceptors (Lipinski definition) is 5. The molecule has 5 heteroatoms. The number of carbonyl (C=O) groups is 1. The molecule has 2 heterocycles. The van der Waals surface area contributed by atoms with E-state index >= 15 is 0 Å². The van der Waals surface area contributed by atoms with E-state index in [0.29, 0.717) is 5.56 Å². The van der Waals surface area contributed by atoms with Crippen molar-refractivity contribution >= 4 is 5.97 Å². The average molecular weight is 394 g/mol. The minimum Gasteiger partial charge on any atom is -0.450 e. The molecule has 0 radical (unpaired) electrons. The van der Waals surface area contributed by atoms with Crippen molar-refractivity contribution in [3.63, 3.8) is 0 Å². The van der Waals surface area contributed by atoms with Gasteiger partial charge in [0.25, 0.3) is 0 Å². The topological polar surface area (TPSA) is 44.8 Å². The van der Waals surface area contributed by atoms with Crippen LogP contribution in [0.4, 0.5) is 0 Å². The monoisotopic (exact) mass is 393 g/mol. The molecule has 2 saturated heterocycles. The van der Waals surface area contributed by atoms with E-state index < -0.39 is 5.60 Å². The van der Waals surface area contributed by atoms with Gasteiger partial charge < -0.3 is 15.0 Å². The van der Waals surface area contributed by atoms with Crippen LogP contribution in [0.25, 0.3) is 0 Å². The quantitative estimate of drug-likeness (QED) is 0.792. The number of carbonyl (C=O) groups excluding carboxylic acids is 1. The van der Waals surface area contributed by atoms with Gasteiger partial charge in [0.2, 0.25) is 0 Å². The zero-order valence-electron chi connectivity index (χ0n) is 17.3. The minimum atomic E-state index is -0.540. The molecule has 0 bridgehead atoms. The zero-order chi connectivity index (χ0) is 20.1. The van der Waals surface area contributed by atoms with E-state index in [1.807, 2.05) is 30.3 Å². The molecule has 2 aromatic carbocycles. The van der Waals surface area contributed by atoms with Crippen molar-refractivity contribution in [3.8, 4) is 0 Å². The van der Waals surface area contributed by atoms with Crippen molar-refractivity contribution in [2.45, 2.75) is 25.0 Å². The smallest absolute Gasteiger partial charge is 0.339 e. The summed E-state index contributed by atoms with van der Waals surface area (Å²) in [5, 5.41) is 3.37. The van der Waals surface area contributed by atoms with Crippen LogP contribution in [0.5, 0.6) is 0 Å². The Kier molecular flexibility index (Phi) is 6.28. The fraction of sp³-hybridized carbons (Fsp3) is 0.458. The number of nitrogens with zero attached hydrogens (tertiary/aromatic N) is 2. The molecule has 0 atom stereocenters. The molecule has 1 N–H and O–H groups in total. The van der Waals surface area contributed by atoms with E-state index in [2.05, 4.69) is 46.4 Å². The summed E-state index contributed by atoms with van der Waals surface area (Å²) in [6.07, 6.45) is 1.59. The number of hydrogen-bond donors (Lipinski definition) is 1. The molecule has 0 aromatic heterocycles. The number of nitrogens with one attached hydrogen (secondary N) is 1. The first kappa shape index (κ1) is 20.1. The van der Waals surface area contributed by atoms with Crippen molar-refractivity contribution in [2.75, 3.05) is 46.3 Å². The SMILES string of the molecule is CN1CCN(Cc2ccc(C(=O)OC3(c4ccccc4)CCNCC3)cc2)CC1. The lowest BCUT2D eigenvalue weighted by atomic mass is 9.84. The molecule has 0 saturated carbocycles. The van der Waals surface area contributed by atoms with Crippen LogP contribution in [0.3, 0.4) is 0 Å². The highest BCUT2D eigenvalue weighted by Gasteiger charge is 2.38. The standard InChI is InChI=1S/C24H31N3O2/c1-26-15-17-27(18-16-26)19-20-7-9-21(10-8-20)23(28)29-24(11-13-25-14-12-24)22-5-3-2-4-6-22/h2-10,25H,11-19H2,1H3. The van der Waals surface area contributed by atoms with Crippen LogP contribution in [0, 0.1) is 0 Å². The molecule has 2 aliphatic heterocycles. The van der Waals surface area contributed by atoms with Gasteiger partial charge in [-0.1, -0.05) is 42.5 Å². The molecule has 0 unspecified atom stereocenters. The van der Waals surface area contributed by atoms with Crippen LogP contribution in [0.1, 0.15) is 34.3 Å². The second kappa shape index (κ2) is 9.08. The van der Waals surface area contributed by atoms with Gasteiger partial charge in [0, 0.05) is 45.6 Å². The second-order valence-electron chi connectivity index (χ2n) is 8.28. The van der Waals surface area contributed by atoms with Gasteiger partial charge in [-0.15, -0.1) is 0 Å². The number of piperazine rings is 1. The maximum absolute atomic E-state index is 13.0. The number of likely N-dealkylation sites (N-methyl/N-ethyl adjacent to an activating group) is 1. The summed E-state index contributed by atoms with van der Waals surface area (Å²) in [7, 11) is 2.17. The number of benzene rings is 2. The fourth-order valence-corrected chi connectivity index (χ4v) is 4.27. The molecule has 2 fully saturated rings. The third-order valence-corrected chi connectivity index (χ3v) is 6.19. The first-order chi connectivity index (χ1) is 14.1. The normalized spacial score (nSPS) is 20.3. The van der Waals surface area contributed by atoms with Crippen LogP contribution >= 0.6 is 0 Å². The highest BCUT2D eigenvalue weighted by atomic mass is 16.6. The van der Waals surface area contributed by atoms with Crippen LogP contribution in [0.2, 0.25) is 0 Å². The molecule has 5 nitrogen and oxygen atoms in total. The summed E-state index contributed by atoms with van der Waals surface area (Å²) >= 11 is 0. The van der Waals surface area contributed by atoms with Crippen LogP contribution in [-0.4, -0.2) is 62.1 Å². The lowest BCUT2D eigenvalue weighted by Gasteiger charge is -2.37. The van der Waals surface area contributed by atoms with Gasteiger partial charge in [0.1, 0.15) is 5.60 Å². The van der Waals surface area contributed by atoms with Gasteiger partial charge in [-0.3, -0.25) is 4.90 Å². The third kappa shape index (κ3) is 4.86. The Balaban J connectivity index is 1.43. The molecule has 29 heavy (non-hydrogen) atoms. The molecule has 2 aromatic rings. The first-order valence-corrected chi connectivity index (χ1v) is 10.6. The van der Waals surface area contributed by atoms with Crippen LogP contribution in [-0.2, 0) is 16.9 Å². The van der Waals surface area contributed by atoms with Crippen molar-refractivity contribution in [1.29, 1.82) is 0 Å². The summed E-state index contributed by atoms with van der Waals surface area (Å²) in [6.45, 7) is 7.05. The van der Waals surface area contributed by atoms with Gasteiger partial charge in [0.05, 0.1) is 5.56 Å². The fourth-order valence-electron chi connectivity index (χ4n) is 4.27. The predicted molar refractivity (Wildman–Crippen MR) is 115 cm³/mol. The number of ether oxygens (including phenoxy) is 1. The molecule has 0 amide bonds. The molecular formula is C24H31N3O2. The summed E-state index contributed by atoms with van der Waals surface area (Å²) in [5.74, 6) is -0.234. The summed E-state index contributed by atoms with van der Waals surface area (Å²) in [4.78, 5) is 17.8. The first-order valence-electron chi connectivity index (χ1n) is 10.6. The highest BCUT2D eigenvalue weighted by molar-refractivity contribution is 5.89. The molecule has 0 spiro atoms. The van der Waals surface area contributed by atoms with E-state index in [-0.39, 0.29) is 5.97 Å². The highest BCUT2D eigenvalue weighted by Crippen LogP contribution is 2.35. The maximum Gasteiger partial charge on any atom is 0.339 e. The Hall–Kier alpha value is -2.21. The Bertz CT molecular complexity index is 793. The lowest BCUT2D eigenvalue weighted by molar-refractivity contribution is -0.0378. The van der Waals surface area contributed by atoms with Gasteiger partial charge in [-0.2, -0.15) is 0 Å². The maximum atomic E-state index is 13.0. The zero-order valence-corrected chi connectivity index (χ0v) is 17.3. The summed E-state index contributed by atoms with van der Waals surface area (Å²) in [6, 6.07) is 18.1. The Labute approximate surface area is 173 Å². The summed E-state index contributed by atoms with van der Waals surface area (Å²) in [5.41, 5.74) is 2.41. The van der Waals surface area contributed by atoms with E-state index in [0.717, 1.165) is 64.2 Å². The van der Waals surface area contributed by atoms with Crippen LogP contribution in [0.15, 0.2) is 54.6 Å². The van der Waals surface area contributed by atoms with Crippen LogP contribution < -0.4 is 5.32 Å². The molecular weight excluding hydrogens is 362 g/mol. The van der Waals surface area contributed by atoms with Crippen molar-refractivity contribution in [3.05, 3.63) is 71.3 Å². The van der Waals surface area contributed by atoms with Crippen molar-refractivity contribution < 1.29 is 9.53 Å². The van der Waals surface area contributed by atoms with E-state index in [9.17, 15) is 4.79 Å². The average Bonchev–Trinajstić information content (AvgIpc) is 2.77. The third-order valence-electron chi connectivity index (χ3n) is 6.19. The van der Waals surface area contributed by atoms with Crippen molar-refractivity contribution in [1.82, 2.24) is 15.1 Å². The van der Waals surface area contributed by atoms with Crippen molar-refractivity contribution in [2.24, 2.45) is 0 Å². The van der Waals surface area contributed by atoms with Gasteiger partial charge in [0.15, 0.2) is 0 Å². The predicted octanol–water partition coefficient (Wildman–Crippen LogP) is 2.87. The molecule has 0 aliphatic carbocycles. The molecule has 2 aliphatic rings. The van der Waals surface area contributed by atoms with Gasteiger partial charge in [-0.25, -0.2) is 4.79 Å². The summed E-state index contributed by atoms with van der Waals surface area (Å²) < 4.78 is 6.16. The minimum absolute atomic E-state index is 0.234. The molecule has 4 rings (SSSR count).